The van der Waals surface area contributed by atoms with Gasteiger partial charge in [-0.05, 0) is 19.1 Å². The van der Waals surface area contributed by atoms with E-state index < -0.39 is 0 Å². The maximum Gasteiger partial charge on any atom is 0.0873 e. The summed E-state index contributed by atoms with van der Waals surface area (Å²) in [6.45, 7) is 4.28. The van der Waals surface area contributed by atoms with Gasteiger partial charge in [-0.25, -0.2) is 0 Å². The average Bonchev–Trinajstić information content (AvgIpc) is 1.97. The molecule has 1 nitrogen and oxygen atoms in total. The summed E-state index contributed by atoms with van der Waals surface area (Å²) >= 11 is 0. The second-order valence-electron chi connectivity index (χ2n) is 1.73. The standard InChI is InChI=1S/C7H14OS2/c1-3-8-6-4-5-7-10-9-2/h3H,1,4-7H2,2H3. The Balaban J connectivity index is 2.70. The Kier molecular flexibility index (Phi) is 9.46. The zero-order valence-electron chi connectivity index (χ0n) is 6.34. The van der Waals surface area contributed by atoms with E-state index in [4.69, 9.17) is 4.74 Å². The predicted octanol–water partition coefficient (Wildman–Crippen LogP) is 2.94. The molecule has 0 aliphatic heterocycles. The first kappa shape index (κ1) is 10.2. The molecule has 0 saturated carbocycles. The fourth-order valence-corrected chi connectivity index (χ4v) is 1.86. The molecule has 0 aromatic rings. The molecule has 0 amide bonds. The Hall–Kier alpha value is 0.240. The van der Waals surface area contributed by atoms with Crippen LogP contribution in [0.4, 0.5) is 0 Å². The molecule has 0 aliphatic carbocycles. The highest BCUT2D eigenvalue weighted by molar-refractivity contribution is 8.76. The van der Waals surface area contributed by atoms with Crippen molar-refractivity contribution in [3.8, 4) is 0 Å². The fourth-order valence-electron chi connectivity index (χ4n) is 0.513. The summed E-state index contributed by atoms with van der Waals surface area (Å²) in [6.07, 6.45) is 5.98. The molecule has 0 fully saturated rings. The number of rotatable bonds is 7. The first-order valence-electron chi connectivity index (χ1n) is 3.30. The second-order valence-corrected chi connectivity index (χ2v) is 4.42. The van der Waals surface area contributed by atoms with Crippen molar-refractivity contribution in [2.75, 3.05) is 18.6 Å². The van der Waals surface area contributed by atoms with E-state index in [0.29, 0.717) is 0 Å². The smallest absolute Gasteiger partial charge is 0.0873 e. The van der Waals surface area contributed by atoms with Crippen LogP contribution < -0.4 is 0 Å². The minimum atomic E-state index is 0.818. The first-order chi connectivity index (χ1) is 4.91. The molecule has 0 bridgehead atoms. The minimum absolute atomic E-state index is 0.818. The van der Waals surface area contributed by atoms with Crippen LogP contribution in [0.1, 0.15) is 12.8 Å². The summed E-state index contributed by atoms with van der Waals surface area (Å²) in [7, 11) is 3.72. The van der Waals surface area contributed by atoms with Gasteiger partial charge in [-0.3, -0.25) is 0 Å². The summed E-state index contributed by atoms with van der Waals surface area (Å²) in [4.78, 5) is 0. The van der Waals surface area contributed by atoms with Crippen LogP contribution in [0, 0.1) is 0 Å². The van der Waals surface area contributed by atoms with E-state index in [1.54, 1.807) is 0 Å². The van der Waals surface area contributed by atoms with Gasteiger partial charge in [0.2, 0.25) is 0 Å². The zero-order valence-corrected chi connectivity index (χ0v) is 7.97. The predicted molar refractivity (Wildman–Crippen MR) is 51.4 cm³/mol. The average molecular weight is 178 g/mol. The van der Waals surface area contributed by atoms with Crippen LogP contribution in [-0.4, -0.2) is 18.6 Å². The van der Waals surface area contributed by atoms with Crippen LogP contribution in [0.2, 0.25) is 0 Å². The third-order valence-corrected chi connectivity index (χ3v) is 2.87. The van der Waals surface area contributed by atoms with Crippen molar-refractivity contribution in [2.45, 2.75) is 12.8 Å². The van der Waals surface area contributed by atoms with E-state index in [2.05, 4.69) is 12.8 Å². The molecule has 0 aromatic heterocycles. The van der Waals surface area contributed by atoms with Crippen molar-refractivity contribution >= 4 is 21.6 Å². The van der Waals surface area contributed by atoms with Gasteiger partial charge in [-0.15, -0.1) is 0 Å². The molecule has 0 aliphatic rings. The molecule has 3 heteroatoms. The molecular formula is C7H14OS2. The molecular weight excluding hydrogens is 164 g/mol. The van der Waals surface area contributed by atoms with Crippen molar-refractivity contribution < 1.29 is 4.74 Å². The summed E-state index contributed by atoms with van der Waals surface area (Å²) in [5.74, 6) is 1.22. The SMILES string of the molecule is C=COCCCCSSC. The summed E-state index contributed by atoms with van der Waals surface area (Å²) < 4.78 is 4.96. The Labute approximate surface area is 71.0 Å². The van der Waals surface area contributed by atoms with Gasteiger partial charge in [0.1, 0.15) is 0 Å². The fraction of sp³-hybridized carbons (Fsp3) is 0.714. The van der Waals surface area contributed by atoms with Crippen molar-refractivity contribution in [3.05, 3.63) is 12.8 Å². The molecule has 0 atom stereocenters. The quantitative estimate of drug-likeness (QED) is 0.337. The van der Waals surface area contributed by atoms with Gasteiger partial charge in [0, 0.05) is 5.75 Å². The summed E-state index contributed by atoms with van der Waals surface area (Å²) in [6, 6.07) is 0. The van der Waals surface area contributed by atoms with Gasteiger partial charge in [-0.2, -0.15) is 0 Å². The molecule has 10 heavy (non-hydrogen) atoms. The van der Waals surface area contributed by atoms with Gasteiger partial charge < -0.3 is 4.74 Å². The largest absolute Gasteiger partial charge is 0.502 e. The summed E-state index contributed by atoms with van der Waals surface area (Å²) in [5.41, 5.74) is 0. The topological polar surface area (TPSA) is 9.23 Å². The number of hydrogen-bond acceptors (Lipinski definition) is 3. The monoisotopic (exact) mass is 178 g/mol. The van der Waals surface area contributed by atoms with Crippen LogP contribution in [0.5, 0.6) is 0 Å². The Morgan fingerprint density at radius 3 is 2.90 bits per heavy atom. The van der Waals surface area contributed by atoms with Crippen molar-refractivity contribution in [1.82, 2.24) is 0 Å². The Bertz CT molecular complexity index is 76.0. The van der Waals surface area contributed by atoms with Crippen LogP contribution in [0.25, 0.3) is 0 Å². The van der Waals surface area contributed by atoms with Crippen molar-refractivity contribution in [2.24, 2.45) is 0 Å². The zero-order chi connectivity index (χ0) is 7.66. The number of hydrogen-bond donors (Lipinski definition) is 0. The molecule has 0 radical (unpaired) electrons. The van der Waals surface area contributed by atoms with Crippen LogP contribution in [0.3, 0.4) is 0 Å². The number of unbranched alkanes of at least 4 members (excludes halogenated alkanes) is 1. The van der Waals surface area contributed by atoms with E-state index in [1.807, 2.05) is 21.6 Å². The van der Waals surface area contributed by atoms with Crippen LogP contribution in [0.15, 0.2) is 12.8 Å². The van der Waals surface area contributed by atoms with Crippen molar-refractivity contribution in [1.29, 1.82) is 0 Å². The molecule has 0 N–H and O–H groups in total. The van der Waals surface area contributed by atoms with E-state index in [-0.39, 0.29) is 0 Å². The minimum Gasteiger partial charge on any atom is -0.502 e. The van der Waals surface area contributed by atoms with Gasteiger partial charge in [-0.1, -0.05) is 28.2 Å². The molecule has 0 heterocycles. The molecule has 0 saturated heterocycles. The highest BCUT2D eigenvalue weighted by Crippen LogP contribution is 2.17. The third-order valence-electron chi connectivity index (χ3n) is 0.976. The second kappa shape index (κ2) is 9.24. The highest BCUT2D eigenvalue weighted by atomic mass is 33.1. The lowest BCUT2D eigenvalue weighted by molar-refractivity contribution is 0.245. The van der Waals surface area contributed by atoms with Gasteiger partial charge in [0.25, 0.3) is 0 Å². The lowest BCUT2D eigenvalue weighted by Gasteiger charge is -1.98. The Morgan fingerprint density at radius 1 is 1.50 bits per heavy atom. The molecule has 0 rings (SSSR count). The lowest BCUT2D eigenvalue weighted by atomic mass is 10.4. The van der Waals surface area contributed by atoms with E-state index in [1.165, 1.54) is 18.4 Å². The van der Waals surface area contributed by atoms with Crippen LogP contribution >= 0.6 is 21.6 Å². The molecule has 0 spiro atoms. The Morgan fingerprint density at radius 2 is 2.30 bits per heavy atom. The van der Waals surface area contributed by atoms with E-state index in [0.717, 1.165) is 13.0 Å². The third kappa shape index (κ3) is 8.24. The first-order valence-corrected chi connectivity index (χ1v) is 6.02. The van der Waals surface area contributed by atoms with Gasteiger partial charge in [0.15, 0.2) is 0 Å². The van der Waals surface area contributed by atoms with E-state index in [9.17, 15) is 0 Å². The normalized spacial score (nSPS) is 9.30. The van der Waals surface area contributed by atoms with Gasteiger partial charge in [0.05, 0.1) is 12.9 Å². The lowest BCUT2D eigenvalue weighted by Crippen LogP contribution is -1.87. The van der Waals surface area contributed by atoms with Crippen molar-refractivity contribution in [3.63, 3.8) is 0 Å². The molecule has 0 unspecified atom stereocenters. The maximum atomic E-state index is 4.96. The number of ether oxygens (including phenoxy) is 1. The van der Waals surface area contributed by atoms with Crippen LogP contribution in [-0.2, 0) is 4.74 Å². The molecule has 0 aromatic carbocycles. The maximum absolute atomic E-state index is 4.96. The molecule has 60 valence electrons. The highest BCUT2D eigenvalue weighted by Gasteiger charge is 1.87. The summed E-state index contributed by atoms with van der Waals surface area (Å²) in [5, 5.41) is 0. The van der Waals surface area contributed by atoms with Gasteiger partial charge >= 0.3 is 0 Å². The van der Waals surface area contributed by atoms with E-state index >= 15 is 0 Å².